The van der Waals surface area contributed by atoms with Gasteiger partial charge in [0.15, 0.2) is 5.60 Å². The van der Waals surface area contributed by atoms with Gasteiger partial charge in [-0.05, 0) is 70.4 Å². The molecule has 202 valence electrons. The number of benzene rings is 1. The van der Waals surface area contributed by atoms with Crippen LogP contribution >= 0.6 is 0 Å². The van der Waals surface area contributed by atoms with E-state index in [1.54, 1.807) is 17.7 Å². The molecule has 1 aromatic carbocycles. The molecule has 8 heteroatoms. The Bertz CT molecular complexity index is 1590. The zero-order valence-electron chi connectivity index (χ0n) is 24.5. The van der Waals surface area contributed by atoms with Crippen LogP contribution in [0.2, 0.25) is 0 Å². The summed E-state index contributed by atoms with van der Waals surface area (Å²) in [6.45, 7) is 12.9. The molecule has 2 aromatic heterocycles. The Kier molecular flexibility index (Phi) is 5.88. The van der Waals surface area contributed by atoms with Crippen molar-refractivity contribution in [1.29, 1.82) is 0 Å². The Morgan fingerprint density at radius 2 is 2.05 bits per heavy atom. The number of esters is 1. The normalized spacial score (nSPS) is 18.9. The van der Waals surface area contributed by atoms with E-state index in [1.807, 2.05) is 33.9 Å². The van der Waals surface area contributed by atoms with Crippen LogP contribution in [0.1, 0.15) is 70.2 Å². The minimum absolute atomic E-state index is 0.0142. The smallest absolute Gasteiger partial charge is 0.343 e. The lowest BCUT2D eigenvalue weighted by Crippen LogP contribution is -2.45. The highest BCUT2D eigenvalue weighted by Gasteiger charge is 2.47. The lowest BCUT2D eigenvalue weighted by Gasteiger charge is -2.37. The predicted octanol–water partition coefficient (Wildman–Crippen LogP) is 4.22. The summed E-state index contributed by atoms with van der Waals surface area (Å²) in [4.78, 5) is 33.7. The molecule has 2 aliphatic rings. The van der Waals surface area contributed by atoms with E-state index in [1.165, 1.54) is 0 Å². The Morgan fingerprint density at radius 1 is 1.34 bits per heavy atom. The van der Waals surface area contributed by atoms with Crippen molar-refractivity contribution in [2.45, 2.75) is 72.3 Å². The summed E-state index contributed by atoms with van der Waals surface area (Å²) in [6, 6.07) is 3.92. The second-order valence-corrected chi connectivity index (χ2v) is 11.5. The molecule has 0 fully saturated rings. The molecule has 4 heterocycles. The van der Waals surface area contributed by atoms with Gasteiger partial charge in [-0.15, -0.1) is 0 Å². The molecule has 0 aliphatic carbocycles. The van der Waals surface area contributed by atoms with Crippen molar-refractivity contribution in [3.63, 3.8) is 0 Å². The van der Waals surface area contributed by atoms with Crippen molar-refractivity contribution in [1.82, 2.24) is 14.5 Å². The van der Waals surface area contributed by atoms with Gasteiger partial charge in [-0.2, -0.15) is 0 Å². The van der Waals surface area contributed by atoms with Crippen molar-refractivity contribution in [3.8, 4) is 17.1 Å². The van der Waals surface area contributed by atoms with Gasteiger partial charge in [-0.1, -0.05) is 20.8 Å². The van der Waals surface area contributed by atoms with Crippen LogP contribution in [0.15, 0.2) is 23.0 Å². The van der Waals surface area contributed by atoms with Crippen molar-refractivity contribution in [2.24, 2.45) is 5.92 Å². The lowest BCUT2D eigenvalue weighted by atomic mass is 9.82. The minimum atomic E-state index is -1.91. The maximum absolute atomic E-state index is 13.7. The number of methoxy groups -OCH3 is 1. The summed E-state index contributed by atoms with van der Waals surface area (Å²) >= 11 is 0. The summed E-state index contributed by atoms with van der Waals surface area (Å²) in [6.07, 6.45) is 0.131. The summed E-state index contributed by atoms with van der Waals surface area (Å²) in [5.74, 6) is -0.0335. The van der Waals surface area contributed by atoms with Crippen LogP contribution in [0.5, 0.6) is 5.75 Å². The summed E-state index contributed by atoms with van der Waals surface area (Å²) in [5, 5.41) is 12.2. The molecular formula is C30H37N3O5. The Hall–Kier alpha value is -3.23. The highest BCUT2D eigenvalue weighted by molar-refractivity contribution is 5.91. The fourth-order valence-electron chi connectivity index (χ4n) is 6.01. The van der Waals surface area contributed by atoms with E-state index < -0.39 is 17.1 Å². The van der Waals surface area contributed by atoms with Gasteiger partial charge in [0.25, 0.3) is 5.56 Å². The maximum Gasteiger partial charge on any atom is 0.343 e. The second-order valence-electron chi connectivity index (χ2n) is 11.5. The SMILES string of the molecule is [2H]c1c2c(nc3cc(C)c(OC)c(C(C)(C)N(C)CC)c13)-c1cc3c(c(=O)n1C2)COC(=O)[C@]3(O)CC(C)C. The third-order valence-corrected chi connectivity index (χ3v) is 8.28. The van der Waals surface area contributed by atoms with Crippen LogP contribution in [0.3, 0.4) is 0 Å². The number of nitrogens with zero attached hydrogens (tertiary/aromatic N) is 3. The number of pyridine rings is 2. The van der Waals surface area contributed by atoms with Gasteiger partial charge >= 0.3 is 5.97 Å². The van der Waals surface area contributed by atoms with Crippen LogP contribution in [-0.4, -0.2) is 46.2 Å². The van der Waals surface area contributed by atoms with Gasteiger partial charge in [0.05, 0.1) is 37.5 Å². The standard InChI is InChI=1S/C30H37N3O5/c1-9-32(7)29(5,6)24-19-11-18-14-33-23(25(18)31-22(19)10-17(4)26(24)37-8)12-21-20(27(33)34)15-38-28(35)30(21,36)13-16(2)3/h10-12,16,36H,9,13-15H2,1-8H3/t30-/m0/s1/i11D. The van der Waals surface area contributed by atoms with Gasteiger partial charge in [0.2, 0.25) is 0 Å². The molecule has 0 bridgehead atoms. The van der Waals surface area contributed by atoms with Gasteiger partial charge in [-0.3, -0.25) is 9.69 Å². The molecule has 38 heavy (non-hydrogen) atoms. The first kappa shape index (κ1) is 25.1. The number of fused-ring (bicyclic) bond motifs is 5. The number of rotatable bonds is 6. The summed E-state index contributed by atoms with van der Waals surface area (Å²) < 4.78 is 22.1. The largest absolute Gasteiger partial charge is 0.496 e. The van der Waals surface area contributed by atoms with E-state index in [0.29, 0.717) is 33.9 Å². The monoisotopic (exact) mass is 520 g/mol. The Morgan fingerprint density at radius 3 is 2.68 bits per heavy atom. The average molecular weight is 521 g/mol. The van der Waals surface area contributed by atoms with E-state index in [2.05, 4.69) is 25.7 Å². The quantitative estimate of drug-likeness (QED) is 0.381. The number of carbonyl (C=O) groups excluding carboxylic acids is 1. The van der Waals surface area contributed by atoms with Crippen LogP contribution in [0.25, 0.3) is 22.3 Å². The molecule has 0 radical (unpaired) electrons. The molecule has 0 amide bonds. The Balaban J connectivity index is 1.82. The van der Waals surface area contributed by atoms with Gasteiger partial charge < -0.3 is 19.1 Å². The minimum Gasteiger partial charge on any atom is -0.496 e. The number of aromatic nitrogens is 2. The fourth-order valence-corrected chi connectivity index (χ4v) is 6.01. The number of aliphatic hydroxyl groups is 1. The van der Waals surface area contributed by atoms with Crippen LogP contribution < -0.4 is 10.3 Å². The summed E-state index contributed by atoms with van der Waals surface area (Å²) in [5.41, 5.74) is 1.92. The highest BCUT2D eigenvalue weighted by atomic mass is 16.6. The fraction of sp³-hybridized carbons (Fsp3) is 0.500. The number of hydrogen-bond acceptors (Lipinski definition) is 7. The molecule has 0 unspecified atom stereocenters. The van der Waals surface area contributed by atoms with Crippen LogP contribution in [0, 0.1) is 12.8 Å². The van der Waals surface area contributed by atoms with E-state index in [4.69, 9.17) is 14.5 Å². The van der Waals surface area contributed by atoms with Gasteiger partial charge in [-0.25, -0.2) is 9.78 Å². The Labute approximate surface area is 224 Å². The first-order chi connectivity index (χ1) is 18.3. The molecule has 0 spiro atoms. The van der Waals surface area contributed by atoms with E-state index in [-0.39, 0.29) is 42.2 Å². The highest BCUT2D eigenvalue weighted by Crippen LogP contribution is 2.44. The molecular weight excluding hydrogens is 482 g/mol. The summed E-state index contributed by atoms with van der Waals surface area (Å²) in [7, 11) is 3.69. The molecule has 1 N–H and O–H groups in total. The molecule has 5 rings (SSSR count). The van der Waals surface area contributed by atoms with Gasteiger partial charge in [0, 0.05) is 27.6 Å². The van der Waals surface area contributed by atoms with Crippen molar-refractivity contribution in [3.05, 3.63) is 56.3 Å². The topological polar surface area (TPSA) is 93.9 Å². The van der Waals surface area contributed by atoms with Crippen molar-refractivity contribution < 1.29 is 20.7 Å². The average Bonchev–Trinajstić information content (AvgIpc) is 3.24. The maximum atomic E-state index is 13.7. The number of carbonyl (C=O) groups is 1. The van der Waals surface area contributed by atoms with Crippen LogP contribution in [-0.2, 0) is 33.8 Å². The number of aryl methyl sites for hydroxylation is 1. The molecule has 2 aliphatic heterocycles. The molecule has 3 aromatic rings. The third kappa shape index (κ3) is 3.68. The third-order valence-electron chi connectivity index (χ3n) is 8.28. The van der Waals surface area contributed by atoms with Crippen LogP contribution in [0.4, 0.5) is 0 Å². The van der Waals surface area contributed by atoms with Crippen molar-refractivity contribution >= 4 is 16.9 Å². The number of cyclic esters (lactones) is 1. The second kappa shape index (κ2) is 8.92. The zero-order chi connectivity index (χ0) is 28.6. The predicted molar refractivity (Wildman–Crippen MR) is 146 cm³/mol. The van der Waals surface area contributed by atoms with Gasteiger partial charge in [0.1, 0.15) is 12.4 Å². The number of hydrogen-bond donors (Lipinski definition) is 1. The van der Waals surface area contributed by atoms with Crippen molar-refractivity contribution in [2.75, 3.05) is 20.7 Å². The van der Waals surface area contributed by atoms with E-state index >= 15 is 0 Å². The molecule has 0 saturated heterocycles. The molecule has 8 nitrogen and oxygen atoms in total. The molecule has 1 atom stereocenters. The first-order valence-electron chi connectivity index (χ1n) is 13.7. The van der Waals surface area contributed by atoms with E-state index in [9.17, 15) is 16.1 Å². The lowest BCUT2D eigenvalue weighted by molar-refractivity contribution is -0.174. The number of ether oxygens (including phenoxy) is 2. The van der Waals surface area contributed by atoms with E-state index in [0.717, 1.165) is 23.4 Å². The zero-order valence-corrected chi connectivity index (χ0v) is 23.5. The molecule has 0 saturated carbocycles. The first-order valence-corrected chi connectivity index (χ1v) is 13.2.